The summed E-state index contributed by atoms with van der Waals surface area (Å²) in [4.78, 5) is 0. The Morgan fingerprint density at radius 3 is 1.63 bits per heavy atom. The molecule has 0 aromatic carbocycles. The normalized spacial score (nSPS) is 31.6. The summed E-state index contributed by atoms with van der Waals surface area (Å²) in [5.74, 6) is 0. The van der Waals surface area contributed by atoms with E-state index in [0.29, 0.717) is 12.8 Å². The molecule has 114 valence electrons. The van der Waals surface area contributed by atoms with Crippen molar-refractivity contribution in [3.63, 3.8) is 0 Å². The number of hydrogen-bond donors (Lipinski definition) is 3. The molecule has 2 unspecified atom stereocenters. The Morgan fingerprint density at radius 1 is 0.789 bits per heavy atom. The molecule has 1 rings (SSSR count). The zero-order chi connectivity index (χ0) is 14.1. The third-order valence-corrected chi connectivity index (χ3v) is 3.55. The lowest BCUT2D eigenvalue weighted by molar-refractivity contribution is -0.107. The summed E-state index contributed by atoms with van der Waals surface area (Å²) in [6, 6.07) is 0. The van der Waals surface area contributed by atoms with E-state index in [1.807, 2.05) is 0 Å². The summed E-state index contributed by atoms with van der Waals surface area (Å²) < 4.78 is 16.5. The third kappa shape index (κ3) is 5.91. The first-order valence-electron chi connectivity index (χ1n) is 6.54. The van der Waals surface area contributed by atoms with Crippen LogP contribution in [0.2, 0.25) is 0 Å². The van der Waals surface area contributed by atoms with Crippen molar-refractivity contribution >= 4 is 11.6 Å². The van der Waals surface area contributed by atoms with Gasteiger partial charge >= 0.3 is 0 Å². The van der Waals surface area contributed by atoms with Crippen LogP contribution in [0.25, 0.3) is 0 Å². The van der Waals surface area contributed by atoms with Crippen LogP contribution in [-0.4, -0.2) is 78.6 Å². The first-order chi connectivity index (χ1) is 9.22. The molecule has 0 heterocycles. The Kier molecular flexibility index (Phi) is 8.89. The molecule has 19 heavy (non-hydrogen) atoms. The van der Waals surface area contributed by atoms with Gasteiger partial charge in [0, 0.05) is 12.8 Å². The molecular weight excluding hydrogens is 276 g/mol. The number of ether oxygens (including phenoxy) is 3. The first-order valence-corrected chi connectivity index (χ1v) is 6.98. The van der Waals surface area contributed by atoms with Crippen LogP contribution in [0.5, 0.6) is 0 Å². The van der Waals surface area contributed by atoms with Gasteiger partial charge in [0.1, 0.15) is 0 Å². The van der Waals surface area contributed by atoms with Crippen molar-refractivity contribution in [1.82, 2.24) is 0 Å². The molecule has 0 bridgehead atoms. The van der Waals surface area contributed by atoms with Crippen molar-refractivity contribution in [3.05, 3.63) is 0 Å². The van der Waals surface area contributed by atoms with Gasteiger partial charge in [0.05, 0.1) is 63.3 Å². The highest BCUT2D eigenvalue weighted by Crippen LogP contribution is 2.30. The zero-order valence-electron chi connectivity index (χ0n) is 10.9. The van der Waals surface area contributed by atoms with Gasteiger partial charge in [0.2, 0.25) is 0 Å². The lowest BCUT2D eigenvalue weighted by atomic mass is 9.91. The smallest absolute Gasteiger partial charge is 0.0861 e. The van der Waals surface area contributed by atoms with Gasteiger partial charge in [-0.05, 0) is 0 Å². The van der Waals surface area contributed by atoms with E-state index in [-0.39, 0.29) is 63.3 Å². The molecule has 1 saturated carbocycles. The minimum atomic E-state index is -0.341. The molecule has 6 nitrogen and oxygen atoms in total. The molecule has 1 fully saturated rings. The molecule has 7 heteroatoms. The van der Waals surface area contributed by atoms with Crippen LogP contribution in [0.4, 0.5) is 0 Å². The van der Waals surface area contributed by atoms with E-state index in [2.05, 4.69) is 0 Å². The van der Waals surface area contributed by atoms with Crippen LogP contribution in [0.3, 0.4) is 0 Å². The van der Waals surface area contributed by atoms with Crippen molar-refractivity contribution in [2.45, 2.75) is 36.5 Å². The predicted molar refractivity (Wildman–Crippen MR) is 69.4 cm³/mol. The molecule has 0 aromatic heterocycles. The highest BCUT2D eigenvalue weighted by atomic mass is 35.5. The average molecular weight is 299 g/mol. The summed E-state index contributed by atoms with van der Waals surface area (Å²) in [6.07, 6.45) is 0.569. The molecule has 1 aliphatic rings. The lowest BCUT2D eigenvalue weighted by Crippen LogP contribution is -2.47. The van der Waals surface area contributed by atoms with Gasteiger partial charge in [-0.25, -0.2) is 0 Å². The van der Waals surface area contributed by atoms with Gasteiger partial charge in [-0.2, -0.15) is 0 Å². The maximum absolute atomic E-state index is 8.80. The predicted octanol–water partition coefficient (Wildman–Crippen LogP) is -0.480. The Hall–Kier alpha value is 0.0500. The topological polar surface area (TPSA) is 88.4 Å². The Bertz CT molecular complexity index is 212. The SMILES string of the molecule is OCCOC1CC(OCCO)C(Cl)C(OCCO)C1. The molecular formula is C12H23ClO6. The number of hydrogen-bond acceptors (Lipinski definition) is 6. The minimum Gasteiger partial charge on any atom is -0.394 e. The highest BCUT2D eigenvalue weighted by Gasteiger charge is 2.38. The molecule has 0 aliphatic heterocycles. The second-order valence-corrected chi connectivity index (χ2v) is 4.90. The van der Waals surface area contributed by atoms with E-state index in [4.69, 9.17) is 41.1 Å². The van der Waals surface area contributed by atoms with Crippen LogP contribution in [0.1, 0.15) is 12.8 Å². The fourth-order valence-electron chi connectivity index (χ4n) is 2.20. The number of rotatable bonds is 9. The maximum atomic E-state index is 8.80. The third-order valence-electron chi connectivity index (χ3n) is 2.99. The largest absolute Gasteiger partial charge is 0.394 e. The van der Waals surface area contributed by atoms with Gasteiger partial charge in [-0.3, -0.25) is 0 Å². The first kappa shape index (κ1) is 17.1. The van der Waals surface area contributed by atoms with Crippen LogP contribution in [-0.2, 0) is 14.2 Å². The molecule has 0 spiro atoms. The molecule has 0 aromatic rings. The van der Waals surface area contributed by atoms with Gasteiger partial charge in [0.25, 0.3) is 0 Å². The van der Waals surface area contributed by atoms with Gasteiger partial charge in [0.15, 0.2) is 0 Å². The Labute approximate surface area is 118 Å². The summed E-state index contributed by atoms with van der Waals surface area (Å²) in [7, 11) is 0. The van der Waals surface area contributed by atoms with Crippen LogP contribution in [0, 0.1) is 0 Å². The summed E-state index contributed by atoms with van der Waals surface area (Å²) in [6.45, 7) is 0.526. The fraction of sp³-hybridized carbons (Fsp3) is 1.00. The molecule has 0 radical (unpaired) electrons. The maximum Gasteiger partial charge on any atom is 0.0861 e. The highest BCUT2D eigenvalue weighted by molar-refractivity contribution is 6.21. The second-order valence-electron chi connectivity index (χ2n) is 4.40. The summed E-state index contributed by atoms with van der Waals surface area (Å²) in [5.41, 5.74) is 0. The monoisotopic (exact) mass is 298 g/mol. The molecule has 2 atom stereocenters. The second kappa shape index (κ2) is 9.88. The summed E-state index contributed by atoms with van der Waals surface area (Å²) in [5, 5.41) is 26.0. The molecule has 1 aliphatic carbocycles. The fourth-order valence-corrected chi connectivity index (χ4v) is 2.55. The molecule has 0 saturated heterocycles. The van der Waals surface area contributed by atoms with Gasteiger partial charge in [-0.15, -0.1) is 11.6 Å². The minimum absolute atomic E-state index is 0.0366. The van der Waals surface area contributed by atoms with Crippen LogP contribution >= 0.6 is 11.6 Å². The Balaban J connectivity index is 2.52. The lowest BCUT2D eigenvalue weighted by Gasteiger charge is -2.38. The van der Waals surface area contributed by atoms with Crippen molar-refractivity contribution in [2.75, 3.05) is 39.6 Å². The van der Waals surface area contributed by atoms with Crippen molar-refractivity contribution in [1.29, 1.82) is 0 Å². The van der Waals surface area contributed by atoms with Crippen LogP contribution < -0.4 is 0 Å². The van der Waals surface area contributed by atoms with Gasteiger partial charge < -0.3 is 29.5 Å². The van der Waals surface area contributed by atoms with E-state index in [1.165, 1.54) is 0 Å². The van der Waals surface area contributed by atoms with E-state index >= 15 is 0 Å². The van der Waals surface area contributed by atoms with Crippen molar-refractivity contribution in [3.8, 4) is 0 Å². The standard InChI is InChI=1S/C12H23ClO6/c13-12-10(18-5-2-15)7-9(17-4-1-14)8-11(12)19-6-3-16/h9-12,14-16H,1-8H2. The average Bonchev–Trinajstić information content (AvgIpc) is 2.43. The number of halogens is 1. The number of aliphatic hydroxyl groups is 3. The van der Waals surface area contributed by atoms with Gasteiger partial charge in [-0.1, -0.05) is 0 Å². The van der Waals surface area contributed by atoms with E-state index in [0.717, 1.165) is 0 Å². The Morgan fingerprint density at radius 2 is 1.21 bits per heavy atom. The van der Waals surface area contributed by atoms with E-state index in [1.54, 1.807) is 0 Å². The summed E-state index contributed by atoms with van der Waals surface area (Å²) >= 11 is 6.30. The zero-order valence-corrected chi connectivity index (χ0v) is 11.7. The van der Waals surface area contributed by atoms with E-state index in [9.17, 15) is 0 Å². The van der Waals surface area contributed by atoms with Crippen LogP contribution in [0.15, 0.2) is 0 Å². The molecule has 0 amide bonds. The number of alkyl halides is 1. The molecule has 3 N–H and O–H groups in total. The van der Waals surface area contributed by atoms with Crippen molar-refractivity contribution in [2.24, 2.45) is 0 Å². The van der Waals surface area contributed by atoms with Crippen molar-refractivity contribution < 1.29 is 29.5 Å². The quantitative estimate of drug-likeness (QED) is 0.498. The van der Waals surface area contributed by atoms with E-state index < -0.39 is 0 Å². The number of aliphatic hydroxyl groups excluding tert-OH is 3.